The molecular formula is C22H27N3O2. The second kappa shape index (κ2) is 8.09. The second-order valence-electron chi connectivity index (χ2n) is 7.81. The molecule has 0 saturated carbocycles. The van der Waals surface area contributed by atoms with Crippen molar-refractivity contribution < 1.29 is 9.90 Å². The van der Waals surface area contributed by atoms with E-state index in [4.69, 9.17) is 0 Å². The van der Waals surface area contributed by atoms with Crippen molar-refractivity contribution in [1.82, 2.24) is 14.8 Å². The zero-order valence-corrected chi connectivity index (χ0v) is 15.6. The number of aryl methyl sites for hydroxylation is 1. The van der Waals surface area contributed by atoms with E-state index < -0.39 is 0 Å². The number of piperidine rings is 1. The molecule has 3 aliphatic heterocycles. The number of benzene rings is 1. The van der Waals surface area contributed by atoms with Crippen LogP contribution in [0.15, 0.2) is 48.7 Å². The number of rotatable bonds is 5. The number of fused-ring (bicyclic) bond motifs is 4. The highest BCUT2D eigenvalue weighted by atomic mass is 16.3. The molecule has 0 unspecified atom stereocenters. The van der Waals surface area contributed by atoms with Gasteiger partial charge in [-0.15, -0.1) is 0 Å². The summed E-state index contributed by atoms with van der Waals surface area (Å²) < 4.78 is 0. The normalized spacial score (nSPS) is 22.6. The maximum absolute atomic E-state index is 12.8. The molecule has 0 aliphatic carbocycles. The van der Waals surface area contributed by atoms with Crippen LogP contribution in [0.1, 0.15) is 30.5 Å². The van der Waals surface area contributed by atoms with E-state index in [9.17, 15) is 9.90 Å². The van der Waals surface area contributed by atoms with E-state index in [1.54, 1.807) is 12.1 Å². The fraction of sp³-hybridized carbons (Fsp3) is 0.455. The van der Waals surface area contributed by atoms with Gasteiger partial charge in [0.2, 0.25) is 5.91 Å². The molecule has 2 bridgehead atoms. The first-order chi connectivity index (χ1) is 13.2. The molecule has 3 aliphatic rings. The molecule has 2 atom stereocenters. The lowest BCUT2D eigenvalue weighted by Crippen LogP contribution is -2.44. The third-order valence-corrected chi connectivity index (χ3v) is 5.83. The molecule has 1 N–H and O–H groups in total. The number of hydrogen-bond acceptors (Lipinski definition) is 4. The van der Waals surface area contributed by atoms with Crippen LogP contribution in [0, 0.1) is 5.92 Å². The van der Waals surface area contributed by atoms with Crippen molar-refractivity contribution >= 4 is 5.91 Å². The SMILES string of the molecule is O=C(CCc1ccc(O)cc1)N1C[C@H]2CC[C@@H](C1)N(Cc1ccccn1)C2. The second-order valence-corrected chi connectivity index (χ2v) is 7.81. The van der Waals surface area contributed by atoms with E-state index >= 15 is 0 Å². The fourth-order valence-electron chi connectivity index (χ4n) is 4.35. The average molecular weight is 365 g/mol. The minimum absolute atomic E-state index is 0.250. The lowest BCUT2D eigenvalue weighted by molar-refractivity contribution is -0.131. The summed E-state index contributed by atoms with van der Waals surface area (Å²) in [6.07, 6.45) is 5.49. The predicted octanol–water partition coefficient (Wildman–Crippen LogP) is 2.84. The van der Waals surface area contributed by atoms with Gasteiger partial charge in [-0.1, -0.05) is 18.2 Å². The van der Waals surface area contributed by atoms with Gasteiger partial charge in [0.15, 0.2) is 0 Å². The van der Waals surface area contributed by atoms with Crippen LogP contribution >= 0.6 is 0 Å². The van der Waals surface area contributed by atoms with Gasteiger partial charge >= 0.3 is 0 Å². The number of amides is 1. The van der Waals surface area contributed by atoms with Crippen LogP contribution in [0.25, 0.3) is 0 Å². The summed E-state index contributed by atoms with van der Waals surface area (Å²) in [4.78, 5) is 21.9. The van der Waals surface area contributed by atoms with Crippen molar-refractivity contribution in [2.75, 3.05) is 19.6 Å². The first-order valence-corrected chi connectivity index (χ1v) is 9.87. The Bertz CT molecular complexity index is 763. The molecule has 5 rings (SSSR count). The van der Waals surface area contributed by atoms with Gasteiger partial charge in [0, 0.05) is 44.8 Å². The minimum atomic E-state index is 0.250. The molecule has 1 amide bonds. The van der Waals surface area contributed by atoms with Crippen LogP contribution in [0.5, 0.6) is 5.75 Å². The van der Waals surface area contributed by atoms with Crippen LogP contribution < -0.4 is 0 Å². The van der Waals surface area contributed by atoms with Gasteiger partial charge < -0.3 is 10.0 Å². The van der Waals surface area contributed by atoms with E-state index in [0.29, 0.717) is 18.4 Å². The van der Waals surface area contributed by atoms with Crippen LogP contribution in [0.3, 0.4) is 0 Å². The van der Waals surface area contributed by atoms with Crippen LogP contribution in [0.2, 0.25) is 0 Å². The highest BCUT2D eigenvalue weighted by molar-refractivity contribution is 5.76. The molecule has 0 radical (unpaired) electrons. The Hall–Kier alpha value is -2.40. The number of phenolic OH excluding ortho intramolecular Hbond substituents is 1. The van der Waals surface area contributed by atoms with Gasteiger partial charge in [0.05, 0.1) is 5.69 Å². The van der Waals surface area contributed by atoms with E-state index in [1.165, 1.54) is 12.8 Å². The third kappa shape index (κ3) is 4.48. The smallest absolute Gasteiger partial charge is 0.222 e. The summed E-state index contributed by atoms with van der Waals surface area (Å²) in [6.45, 7) is 3.64. The molecule has 2 aromatic rings. The highest BCUT2D eigenvalue weighted by Crippen LogP contribution is 2.29. The van der Waals surface area contributed by atoms with Crippen LogP contribution in [-0.2, 0) is 17.8 Å². The molecule has 27 heavy (non-hydrogen) atoms. The van der Waals surface area contributed by atoms with Crippen molar-refractivity contribution in [3.05, 3.63) is 59.9 Å². The molecule has 1 aromatic heterocycles. The Morgan fingerprint density at radius 1 is 1.07 bits per heavy atom. The molecule has 1 aromatic carbocycles. The summed E-state index contributed by atoms with van der Waals surface area (Å²) in [5.41, 5.74) is 2.20. The zero-order chi connectivity index (χ0) is 18.6. The van der Waals surface area contributed by atoms with Crippen molar-refractivity contribution in [2.24, 2.45) is 5.92 Å². The number of carbonyl (C=O) groups excluding carboxylic acids is 1. The van der Waals surface area contributed by atoms with Crippen molar-refractivity contribution in [2.45, 2.75) is 38.3 Å². The van der Waals surface area contributed by atoms with Gasteiger partial charge in [-0.05, 0) is 55.0 Å². The van der Waals surface area contributed by atoms with Gasteiger partial charge in [-0.2, -0.15) is 0 Å². The maximum atomic E-state index is 12.8. The highest BCUT2D eigenvalue weighted by Gasteiger charge is 2.36. The summed E-state index contributed by atoms with van der Waals surface area (Å²) in [7, 11) is 0. The largest absolute Gasteiger partial charge is 0.508 e. The van der Waals surface area contributed by atoms with Crippen LogP contribution in [0.4, 0.5) is 0 Å². The molecule has 5 nitrogen and oxygen atoms in total. The molecule has 0 spiro atoms. The molecule has 142 valence electrons. The van der Waals surface area contributed by atoms with Crippen LogP contribution in [-0.4, -0.2) is 51.5 Å². The summed E-state index contributed by atoms with van der Waals surface area (Å²) in [5, 5.41) is 9.38. The lowest BCUT2D eigenvalue weighted by atomic mass is 9.95. The van der Waals surface area contributed by atoms with Gasteiger partial charge in [-0.25, -0.2) is 0 Å². The van der Waals surface area contributed by atoms with E-state index in [0.717, 1.165) is 43.9 Å². The molecule has 3 saturated heterocycles. The molecule has 3 fully saturated rings. The number of carbonyl (C=O) groups is 1. The van der Waals surface area contributed by atoms with E-state index in [1.807, 2.05) is 30.5 Å². The quantitative estimate of drug-likeness (QED) is 0.885. The maximum Gasteiger partial charge on any atom is 0.222 e. The van der Waals surface area contributed by atoms with E-state index in [-0.39, 0.29) is 11.7 Å². The topological polar surface area (TPSA) is 56.7 Å². The Kier molecular flexibility index (Phi) is 5.39. The molecule has 5 heteroatoms. The predicted molar refractivity (Wildman–Crippen MR) is 104 cm³/mol. The zero-order valence-electron chi connectivity index (χ0n) is 15.6. The number of hydrogen-bond donors (Lipinski definition) is 1. The molecular weight excluding hydrogens is 338 g/mol. The van der Waals surface area contributed by atoms with Crippen molar-refractivity contribution in [3.63, 3.8) is 0 Å². The Morgan fingerprint density at radius 2 is 1.93 bits per heavy atom. The molecule has 4 heterocycles. The number of phenols is 1. The summed E-state index contributed by atoms with van der Waals surface area (Å²) in [6, 6.07) is 13.7. The number of nitrogens with zero attached hydrogens (tertiary/aromatic N) is 3. The van der Waals surface area contributed by atoms with E-state index in [2.05, 4.69) is 20.9 Å². The first kappa shape index (κ1) is 18.0. The monoisotopic (exact) mass is 365 g/mol. The standard InChI is InChI=1S/C22H27N3O2/c26-21-9-5-17(6-10-21)7-11-22(27)25-14-18-4-8-20(16-25)24(13-18)15-19-3-1-2-12-23-19/h1-3,5-6,9-10,12,18,20,26H,4,7-8,11,13-16H2/t18-,20-/m0/s1. The number of pyridine rings is 1. The Morgan fingerprint density at radius 3 is 2.70 bits per heavy atom. The Balaban J connectivity index is 1.36. The van der Waals surface area contributed by atoms with Gasteiger partial charge in [0.25, 0.3) is 0 Å². The fourth-order valence-corrected chi connectivity index (χ4v) is 4.35. The van der Waals surface area contributed by atoms with Gasteiger partial charge in [-0.3, -0.25) is 14.7 Å². The average Bonchev–Trinajstić information content (AvgIpc) is 3.00. The summed E-state index contributed by atoms with van der Waals surface area (Å²) >= 11 is 0. The lowest BCUT2D eigenvalue weighted by Gasteiger charge is -2.35. The van der Waals surface area contributed by atoms with Crippen molar-refractivity contribution in [1.29, 1.82) is 0 Å². The third-order valence-electron chi connectivity index (χ3n) is 5.83. The minimum Gasteiger partial charge on any atom is -0.508 e. The first-order valence-electron chi connectivity index (χ1n) is 9.87. The van der Waals surface area contributed by atoms with Gasteiger partial charge in [0.1, 0.15) is 5.75 Å². The number of aromatic nitrogens is 1. The number of aromatic hydroxyl groups is 1. The Labute approximate surface area is 160 Å². The summed E-state index contributed by atoms with van der Waals surface area (Å²) in [5.74, 6) is 1.08. The van der Waals surface area contributed by atoms with Crippen molar-refractivity contribution in [3.8, 4) is 5.75 Å².